The third kappa shape index (κ3) is 4.13. The fraction of sp³-hybridized carbons (Fsp3) is 0.462. The molecule has 0 aliphatic heterocycles. The monoisotopic (exact) mass is 353 g/mol. The lowest BCUT2D eigenvalue weighted by atomic mass is 10.0. The van der Waals surface area contributed by atoms with Gasteiger partial charge < -0.3 is 5.11 Å². The number of carboxylic acid groups (broad SMARTS) is 1. The lowest BCUT2D eigenvalue weighted by Gasteiger charge is -2.33. The van der Waals surface area contributed by atoms with Gasteiger partial charge in [0.1, 0.15) is 0 Å². The normalized spacial score (nSPS) is 12.3. The van der Waals surface area contributed by atoms with Crippen LogP contribution in [0.2, 0.25) is 0 Å². The van der Waals surface area contributed by atoms with Crippen LogP contribution in [-0.2, 0) is 12.7 Å². The molecule has 0 saturated carbocycles. The molecule has 0 spiro atoms. The number of amides is 1. The van der Waals surface area contributed by atoms with E-state index >= 15 is 0 Å². The molecular formula is C13H15BrF3NO2. The lowest BCUT2D eigenvalue weighted by Crippen LogP contribution is -2.44. The zero-order valence-electron chi connectivity index (χ0n) is 11.3. The minimum atomic E-state index is -4.53. The minimum Gasteiger partial charge on any atom is -0.465 e. The molecule has 3 nitrogen and oxygen atoms in total. The maximum Gasteiger partial charge on any atom is 0.416 e. The summed E-state index contributed by atoms with van der Waals surface area (Å²) in [4.78, 5) is 12.2. The molecule has 0 saturated heterocycles. The molecule has 0 fully saturated rings. The topological polar surface area (TPSA) is 40.5 Å². The van der Waals surface area contributed by atoms with Gasteiger partial charge in [-0.2, -0.15) is 13.2 Å². The number of halogens is 4. The second kappa shape index (κ2) is 5.63. The van der Waals surface area contributed by atoms with Gasteiger partial charge in [0.2, 0.25) is 0 Å². The molecule has 0 radical (unpaired) electrons. The van der Waals surface area contributed by atoms with E-state index in [1.54, 1.807) is 20.8 Å². The van der Waals surface area contributed by atoms with Crippen molar-refractivity contribution in [2.45, 2.75) is 39.0 Å². The van der Waals surface area contributed by atoms with Crippen LogP contribution in [0.3, 0.4) is 0 Å². The number of carbonyl (C=O) groups is 1. The Morgan fingerprint density at radius 3 is 2.25 bits per heavy atom. The van der Waals surface area contributed by atoms with E-state index in [9.17, 15) is 18.0 Å². The van der Waals surface area contributed by atoms with E-state index in [1.165, 1.54) is 12.1 Å². The average Bonchev–Trinajstić information content (AvgIpc) is 2.23. The van der Waals surface area contributed by atoms with E-state index < -0.39 is 23.4 Å². The molecule has 1 N–H and O–H groups in total. The van der Waals surface area contributed by atoms with Gasteiger partial charge in [-0.15, -0.1) is 0 Å². The van der Waals surface area contributed by atoms with E-state index in [0.717, 1.165) is 11.0 Å². The Morgan fingerprint density at radius 2 is 1.85 bits per heavy atom. The minimum absolute atomic E-state index is 0.0713. The second-order valence-corrected chi connectivity index (χ2v) is 6.25. The van der Waals surface area contributed by atoms with Crippen LogP contribution in [0.25, 0.3) is 0 Å². The quantitative estimate of drug-likeness (QED) is 0.833. The zero-order chi connectivity index (χ0) is 15.7. The molecule has 0 bridgehead atoms. The summed E-state index contributed by atoms with van der Waals surface area (Å²) in [6.45, 7) is 4.58. The number of rotatable bonds is 2. The molecule has 112 valence electrons. The summed E-state index contributed by atoms with van der Waals surface area (Å²) >= 11 is 2.99. The van der Waals surface area contributed by atoms with Gasteiger partial charge in [-0.1, -0.05) is 22.0 Å². The van der Waals surface area contributed by atoms with Crippen LogP contribution >= 0.6 is 15.9 Å². The first-order chi connectivity index (χ1) is 8.93. The van der Waals surface area contributed by atoms with Gasteiger partial charge in [0, 0.05) is 10.0 Å². The molecule has 20 heavy (non-hydrogen) atoms. The molecule has 0 aliphatic carbocycles. The summed E-state index contributed by atoms with van der Waals surface area (Å²) in [5, 5.41) is 9.15. The first kappa shape index (κ1) is 16.8. The maximum absolute atomic E-state index is 13.0. The summed E-state index contributed by atoms with van der Waals surface area (Å²) in [6.07, 6.45) is -5.78. The Hall–Kier alpha value is -1.24. The lowest BCUT2D eigenvalue weighted by molar-refractivity contribution is -0.138. The highest BCUT2D eigenvalue weighted by molar-refractivity contribution is 9.10. The number of nitrogens with zero attached hydrogens (tertiary/aromatic N) is 1. The van der Waals surface area contributed by atoms with Gasteiger partial charge >= 0.3 is 12.3 Å². The molecule has 1 aromatic carbocycles. The molecule has 1 aromatic rings. The van der Waals surface area contributed by atoms with Crippen LogP contribution in [0, 0.1) is 0 Å². The first-order valence-electron chi connectivity index (χ1n) is 5.79. The van der Waals surface area contributed by atoms with Crippen molar-refractivity contribution in [3.05, 3.63) is 33.8 Å². The fourth-order valence-corrected chi connectivity index (χ4v) is 2.07. The summed E-state index contributed by atoms with van der Waals surface area (Å²) < 4.78 is 39.3. The maximum atomic E-state index is 13.0. The van der Waals surface area contributed by atoms with Gasteiger partial charge in [-0.3, -0.25) is 4.90 Å². The second-order valence-electron chi connectivity index (χ2n) is 5.34. The van der Waals surface area contributed by atoms with Crippen molar-refractivity contribution in [2.75, 3.05) is 0 Å². The molecule has 0 atom stereocenters. The van der Waals surface area contributed by atoms with Crippen molar-refractivity contribution in [1.29, 1.82) is 0 Å². The van der Waals surface area contributed by atoms with Crippen molar-refractivity contribution in [3.8, 4) is 0 Å². The highest BCUT2D eigenvalue weighted by atomic mass is 79.9. The van der Waals surface area contributed by atoms with Crippen molar-refractivity contribution in [3.63, 3.8) is 0 Å². The highest BCUT2D eigenvalue weighted by Gasteiger charge is 2.35. The van der Waals surface area contributed by atoms with Gasteiger partial charge in [0.05, 0.1) is 12.1 Å². The fourth-order valence-electron chi connectivity index (χ4n) is 1.71. The van der Waals surface area contributed by atoms with Crippen molar-refractivity contribution in [2.24, 2.45) is 0 Å². The van der Waals surface area contributed by atoms with E-state index in [0.29, 0.717) is 4.47 Å². The van der Waals surface area contributed by atoms with Crippen LogP contribution < -0.4 is 0 Å². The van der Waals surface area contributed by atoms with E-state index in [1.807, 2.05) is 0 Å². The van der Waals surface area contributed by atoms with Crippen LogP contribution in [0.1, 0.15) is 31.9 Å². The van der Waals surface area contributed by atoms with Crippen LogP contribution in [0.15, 0.2) is 22.7 Å². The van der Waals surface area contributed by atoms with Crippen molar-refractivity contribution in [1.82, 2.24) is 4.90 Å². The largest absolute Gasteiger partial charge is 0.465 e. The average molecular weight is 354 g/mol. The van der Waals surface area contributed by atoms with Crippen molar-refractivity contribution < 1.29 is 23.1 Å². The molecule has 1 rings (SSSR count). The van der Waals surface area contributed by atoms with Crippen LogP contribution in [0.4, 0.5) is 18.0 Å². The van der Waals surface area contributed by atoms with E-state index in [4.69, 9.17) is 5.11 Å². The molecule has 0 heterocycles. The third-order valence-corrected chi connectivity index (χ3v) is 3.24. The third-order valence-electron chi connectivity index (χ3n) is 2.75. The van der Waals surface area contributed by atoms with Gasteiger partial charge in [-0.25, -0.2) is 4.79 Å². The van der Waals surface area contributed by atoms with Gasteiger partial charge in [-0.05, 0) is 38.5 Å². The first-order valence-corrected chi connectivity index (χ1v) is 6.58. The van der Waals surface area contributed by atoms with E-state index in [2.05, 4.69) is 15.9 Å². The smallest absolute Gasteiger partial charge is 0.416 e. The SMILES string of the molecule is CC(C)(C)N(Cc1ccc(Br)cc1C(F)(F)F)C(=O)O. The Balaban J connectivity index is 3.24. The summed E-state index contributed by atoms with van der Waals surface area (Å²) in [7, 11) is 0. The van der Waals surface area contributed by atoms with Crippen LogP contribution in [-0.4, -0.2) is 21.6 Å². The summed E-state index contributed by atoms with van der Waals surface area (Å²) in [6, 6.07) is 3.71. The summed E-state index contributed by atoms with van der Waals surface area (Å²) in [5.41, 5.74) is -1.69. The number of hydrogen-bond donors (Lipinski definition) is 1. The summed E-state index contributed by atoms with van der Waals surface area (Å²) in [5.74, 6) is 0. The molecule has 0 aromatic heterocycles. The number of hydrogen-bond acceptors (Lipinski definition) is 1. The molecule has 0 unspecified atom stereocenters. The van der Waals surface area contributed by atoms with Gasteiger partial charge in [0.25, 0.3) is 0 Å². The van der Waals surface area contributed by atoms with E-state index in [-0.39, 0.29) is 12.1 Å². The van der Waals surface area contributed by atoms with Crippen molar-refractivity contribution >= 4 is 22.0 Å². The Bertz CT molecular complexity index is 509. The standard InChI is InChI=1S/C13H15BrF3NO2/c1-12(2,3)18(11(19)20)7-8-4-5-9(14)6-10(8)13(15,16)17/h4-6H,7H2,1-3H3,(H,19,20). The predicted molar refractivity (Wildman–Crippen MR) is 72.5 cm³/mol. The predicted octanol–water partition coefficient (Wildman–Crippen LogP) is 4.75. The Labute approximate surface area is 123 Å². The van der Waals surface area contributed by atoms with Crippen LogP contribution in [0.5, 0.6) is 0 Å². The molecule has 7 heteroatoms. The Morgan fingerprint density at radius 1 is 1.30 bits per heavy atom. The number of alkyl halides is 3. The number of benzene rings is 1. The molecule has 1 amide bonds. The van der Waals surface area contributed by atoms with Gasteiger partial charge in [0.15, 0.2) is 0 Å². The zero-order valence-corrected chi connectivity index (χ0v) is 12.8. The Kier molecular flexibility index (Phi) is 4.74. The molecule has 0 aliphatic rings. The molecular weight excluding hydrogens is 339 g/mol. The highest BCUT2D eigenvalue weighted by Crippen LogP contribution is 2.35.